The predicted molar refractivity (Wildman–Crippen MR) is 130 cm³/mol. The first kappa shape index (κ1) is 22.7. The van der Waals surface area contributed by atoms with Crippen LogP contribution in [-0.2, 0) is 6.42 Å². The molecule has 0 spiro atoms. The Bertz CT molecular complexity index is 1040. The van der Waals surface area contributed by atoms with E-state index in [0.717, 1.165) is 10.0 Å². The van der Waals surface area contributed by atoms with Gasteiger partial charge in [0.2, 0.25) is 0 Å². The molecule has 0 heterocycles. The van der Waals surface area contributed by atoms with Crippen molar-refractivity contribution in [3.05, 3.63) is 88.4 Å². The Kier molecular flexibility index (Phi) is 7.97. The lowest BCUT2D eigenvalue weighted by Gasteiger charge is -2.17. The summed E-state index contributed by atoms with van der Waals surface area (Å²) in [5.41, 5.74) is 2.75. The van der Waals surface area contributed by atoms with Gasteiger partial charge in [-0.05, 0) is 60.5 Å². The number of hydrogen-bond donors (Lipinski definition) is 3. The summed E-state index contributed by atoms with van der Waals surface area (Å²) in [5.74, 6) is 0.219. The highest BCUT2D eigenvalue weighted by Gasteiger charge is 2.14. The molecule has 0 aromatic heterocycles. The zero-order valence-corrected chi connectivity index (χ0v) is 19.3. The molecule has 0 aliphatic heterocycles. The molecule has 31 heavy (non-hydrogen) atoms. The predicted octanol–water partition coefficient (Wildman–Crippen LogP) is 5.31. The lowest BCUT2D eigenvalue weighted by molar-refractivity contribution is 0.102. The summed E-state index contributed by atoms with van der Waals surface area (Å²) < 4.78 is 7.47. The second-order valence-electron chi connectivity index (χ2n) is 6.62. The number of nitrogens with one attached hydrogen (secondary N) is 2. The number of thiol groups is 1. The van der Waals surface area contributed by atoms with Gasteiger partial charge in [0.15, 0.2) is 0 Å². The molecule has 0 unspecified atom stereocenters. The SMILES string of the molecule is COc1ccccc1C(=O)Nc1ccc(N(S)C(=O)NCCc2ccc(Br)cc2)cc1. The topological polar surface area (TPSA) is 70.7 Å². The van der Waals surface area contributed by atoms with Crippen molar-refractivity contribution in [3.8, 4) is 5.75 Å². The lowest BCUT2D eigenvalue weighted by atomic mass is 10.1. The molecule has 160 valence electrons. The van der Waals surface area contributed by atoms with E-state index in [1.807, 2.05) is 24.3 Å². The van der Waals surface area contributed by atoms with Crippen molar-refractivity contribution in [3.63, 3.8) is 0 Å². The minimum atomic E-state index is -0.328. The third-order valence-electron chi connectivity index (χ3n) is 4.52. The van der Waals surface area contributed by atoms with Gasteiger partial charge in [-0.3, -0.25) is 4.79 Å². The fourth-order valence-corrected chi connectivity index (χ4v) is 3.34. The maximum atomic E-state index is 12.5. The monoisotopic (exact) mass is 499 g/mol. The fraction of sp³-hybridized carbons (Fsp3) is 0.130. The van der Waals surface area contributed by atoms with E-state index in [2.05, 4.69) is 39.4 Å². The molecular weight excluding hydrogens is 478 g/mol. The third kappa shape index (κ3) is 6.26. The minimum Gasteiger partial charge on any atom is -0.496 e. The van der Waals surface area contributed by atoms with Gasteiger partial charge in [0, 0.05) is 16.7 Å². The number of ether oxygens (including phenoxy) is 1. The van der Waals surface area contributed by atoms with Gasteiger partial charge in [-0.15, -0.1) is 0 Å². The van der Waals surface area contributed by atoms with E-state index < -0.39 is 0 Å². The van der Waals surface area contributed by atoms with Crippen molar-refractivity contribution in [1.82, 2.24) is 5.32 Å². The second-order valence-corrected chi connectivity index (χ2v) is 7.94. The van der Waals surface area contributed by atoms with Gasteiger partial charge in [-0.2, -0.15) is 0 Å². The normalized spacial score (nSPS) is 10.3. The lowest BCUT2D eigenvalue weighted by Crippen LogP contribution is -2.35. The average Bonchev–Trinajstić information content (AvgIpc) is 2.80. The van der Waals surface area contributed by atoms with Gasteiger partial charge in [0.05, 0.1) is 18.4 Å². The van der Waals surface area contributed by atoms with E-state index in [4.69, 9.17) is 4.74 Å². The molecule has 3 aromatic carbocycles. The van der Waals surface area contributed by atoms with E-state index in [1.165, 1.54) is 11.4 Å². The molecule has 0 radical (unpaired) electrons. The van der Waals surface area contributed by atoms with Crippen molar-refractivity contribution in [1.29, 1.82) is 0 Å². The molecule has 6 nitrogen and oxygen atoms in total. The maximum Gasteiger partial charge on any atom is 0.331 e. The van der Waals surface area contributed by atoms with Gasteiger partial charge in [0.1, 0.15) is 5.75 Å². The van der Waals surface area contributed by atoms with Crippen LogP contribution in [0.1, 0.15) is 15.9 Å². The standard InChI is InChI=1S/C23H22BrN3O3S/c1-30-21-5-3-2-4-20(21)22(28)26-18-10-12-19(13-11-18)27(31)23(29)25-15-14-16-6-8-17(24)9-7-16/h2-13,31H,14-15H2,1H3,(H,25,29)(H,26,28). The number of amides is 3. The Morgan fingerprint density at radius 3 is 2.35 bits per heavy atom. The van der Waals surface area contributed by atoms with Gasteiger partial charge >= 0.3 is 6.03 Å². The molecule has 0 fully saturated rings. The molecule has 0 saturated heterocycles. The number of carbonyl (C=O) groups is 2. The minimum absolute atomic E-state index is 0.279. The smallest absolute Gasteiger partial charge is 0.331 e. The van der Waals surface area contributed by atoms with E-state index in [0.29, 0.717) is 35.7 Å². The summed E-state index contributed by atoms with van der Waals surface area (Å²) in [7, 11) is 1.52. The summed E-state index contributed by atoms with van der Waals surface area (Å²) in [4.78, 5) is 24.8. The van der Waals surface area contributed by atoms with Crippen LogP contribution in [0, 0.1) is 0 Å². The number of urea groups is 1. The van der Waals surface area contributed by atoms with E-state index in [1.54, 1.807) is 48.5 Å². The van der Waals surface area contributed by atoms with Crippen LogP contribution in [0.4, 0.5) is 16.2 Å². The van der Waals surface area contributed by atoms with Crippen LogP contribution < -0.4 is 19.7 Å². The first-order valence-electron chi connectivity index (χ1n) is 9.53. The quantitative estimate of drug-likeness (QED) is 0.385. The molecule has 2 N–H and O–H groups in total. The van der Waals surface area contributed by atoms with E-state index in [-0.39, 0.29) is 11.9 Å². The zero-order chi connectivity index (χ0) is 22.2. The Labute approximate surface area is 195 Å². The van der Waals surface area contributed by atoms with Crippen molar-refractivity contribution >= 4 is 52.1 Å². The van der Waals surface area contributed by atoms with Gasteiger partial charge < -0.3 is 15.4 Å². The molecule has 0 atom stereocenters. The number of halogens is 1. The largest absolute Gasteiger partial charge is 0.496 e. The highest BCUT2D eigenvalue weighted by molar-refractivity contribution is 9.10. The molecule has 3 amide bonds. The Hall–Kier alpha value is -2.97. The number of hydrogen-bond acceptors (Lipinski definition) is 4. The molecule has 0 saturated carbocycles. The van der Waals surface area contributed by atoms with Crippen LogP contribution >= 0.6 is 28.7 Å². The number of anilines is 2. The molecule has 8 heteroatoms. The van der Waals surface area contributed by atoms with Gasteiger partial charge in [-0.25, -0.2) is 9.10 Å². The Morgan fingerprint density at radius 1 is 1.00 bits per heavy atom. The van der Waals surface area contributed by atoms with Crippen molar-refractivity contribution in [2.45, 2.75) is 6.42 Å². The van der Waals surface area contributed by atoms with Crippen molar-refractivity contribution < 1.29 is 14.3 Å². The summed E-state index contributed by atoms with van der Waals surface area (Å²) in [6, 6.07) is 21.4. The number of methoxy groups -OCH3 is 1. The van der Waals surface area contributed by atoms with Crippen molar-refractivity contribution in [2.75, 3.05) is 23.3 Å². The summed E-state index contributed by atoms with van der Waals surface area (Å²) in [6.07, 6.45) is 0.717. The Balaban J connectivity index is 1.54. The fourth-order valence-electron chi connectivity index (χ4n) is 2.87. The molecule has 0 aliphatic rings. The van der Waals surface area contributed by atoms with Crippen LogP contribution in [-0.4, -0.2) is 25.6 Å². The summed E-state index contributed by atoms with van der Waals surface area (Å²) >= 11 is 7.69. The number of para-hydroxylation sites is 1. The number of benzene rings is 3. The summed E-state index contributed by atoms with van der Waals surface area (Å²) in [5, 5.41) is 5.66. The zero-order valence-electron chi connectivity index (χ0n) is 16.8. The van der Waals surface area contributed by atoms with E-state index in [9.17, 15) is 9.59 Å². The number of carbonyl (C=O) groups excluding carboxylic acids is 2. The van der Waals surface area contributed by atoms with Crippen LogP contribution in [0.25, 0.3) is 0 Å². The van der Waals surface area contributed by atoms with E-state index >= 15 is 0 Å². The van der Waals surface area contributed by atoms with Crippen LogP contribution in [0.5, 0.6) is 5.75 Å². The maximum absolute atomic E-state index is 12.5. The van der Waals surface area contributed by atoms with Crippen LogP contribution in [0.15, 0.2) is 77.3 Å². The molecule has 3 aromatic rings. The van der Waals surface area contributed by atoms with Crippen LogP contribution in [0.3, 0.4) is 0 Å². The molecule has 0 bridgehead atoms. The molecule has 0 aliphatic carbocycles. The highest BCUT2D eigenvalue weighted by Crippen LogP contribution is 2.22. The van der Waals surface area contributed by atoms with Gasteiger partial charge in [0.25, 0.3) is 5.91 Å². The third-order valence-corrected chi connectivity index (χ3v) is 5.46. The van der Waals surface area contributed by atoms with Gasteiger partial charge in [-0.1, -0.05) is 53.0 Å². The first-order valence-corrected chi connectivity index (χ1v) is 10.7. The highest BCUT2D eigenvalue weighted by atomic mass is 79.9. The summed E-state index contributed by atoms with van der Waals surface area (Å²) in [6.45, 7) is 0.491. The first-order chi connectivity index (χ1) is 15.0. The Morgan fingerprint density at radius 2 is 1.68 bits per heavy atom. The number of rotatable bonds is 7. The average molecular weight is 500 g/mol. The molecule has 3 rings (SSSR count). The van der Waals surface area contributed by atoms with Crippen LogP contribution in [0.2, 0.25) is 0 Å². The van der Waals surface area contributed by atoms with Crippen molar-refractivity contribution in [2.24, 2.45) is 0 Å². The number of nitrogens with zero attached hydrogens (tertiary/aromatic N) is 1. The molecular formula is C23H22BrN3O3S. The second kappa shape index (κ2) is 10.9.